The van der Waals surface area contributed by atoms with Gasteiger partial charge in [0.1, 0.15) is 0 Å². The van der Waals surface area contributed by atoms with Gasteiger partial charge >= 0.3 is 35.6 Å². The fraction of sp³-hybridized carbons (Fsp3) is 0.455. The van der Waals surface area contributed by atoms with E-state index in [9.17, 15) is 0 Å². The van der Waals surface area contributed by atoms with Crippen LogP contribution in [0, 0.1) is 27.7 Å². The molecular weight excluding hydrogens is 467 g/mol. The molecule has 0 fully saturated rings. The van der Waals surface area contributed by atoms with Crippen LogP contribution in [-0.4, -0.2) is 16.5 Å². The molecule has 160 valence electrons. The molecule has 0 N–H and O–H groups in total. The standard InChI is InChI=1S/C22H34N2Si2.2ClH.Ti/c1-17-11-9-12-18(2)21(17)23-25(5,6)15-16-26(7,8)24-22-19(3)13-10-14-20(22)4;;;/h9-14H,15-16H2,1-8H3;2*1H;/q-2;;;+2/p-2. The summed E-state index contributed by atoms with van der Waals surface area (Å²) < 4.78 is 0. The minimum absolute atomic E-state index is 0.556. The molecular formula is C22H34Cl2N2Si2Ti-2. The van der Waals surface area contributed by atoms with E-state index in [1.807, 2.05) is 0 Å². The summed E-state index contributed by atoms with van der Waals surface area (Å²) >= 11 is -0.556. The Hall–Kier alpha value is -0.232. The SMILES string of the molecule is Cc1cccc(C)c1[N-][Si](C)(C)CC[Si](C)(C)[N-]c1c(C)cccc1C.[Cl][Ti][Cl]. The van der Waals surface area contributed by atoms with Crippen molar-refractivity contribution in [3.05, 3.63) is 68.6 Å². The van der Waals surface area contributed by atoms with Crippen LogP contribution in [0.15, 0.2) is 36.4 Å². The summed E-state index contributed by atoms with van der Waals surface area (Å²) in [6.45, 7) is 18.3. The van der Waals surface area contributed by atoms with E-state index < -0.39 is 33.5 Å². The zero-order valence-corrected chi connectivity index (χ0v) is 24.1. The van der Waals surface area contributed by atoms with Crippen LogP contribution in [0.25, 0.3) is 9.96 Å². The zero-order valence-electron chi connectivity index (χ0n) is 19.0. The van der Waals surface area contributed by atoms with Gasteiger partial charge in [0, 0.05) is 0 Å². The molecule has 0 unspecified atom stereocenters. The monoisotopic (exact) mass is 500 g/mol. The first-order chi connectivity index (χ1) is 13.4. The average Bonchev–Trinajstić information content (AvgIpc) is 2.61. The summed E-state index contributed by atoms with van der Waals surface area (Å²) in [6.07, 6.45) is 0. The van der Waals surface area contributed by atoms with Gasteiger partial charge in [-0.1, -0.05) is 96.9 Å². The number of rotatable bonds is 7. The fourth-order valence-electron chi connectivity index (χ4n) is 3.29. The summed E-state index contributed by atoms with van der Waals surface area (Å²) in [7, 11) is 6.45. The molecule has 0 radical (unpaired) electrons. The minimum atomic E-state index is -1.66. The number of benzene rings is 2. The van der Waals surface area contributed by atoms with Crippen molar-refractivity contribution in [2.24, 2.45) is 0 Å². The number of hydrogen-bond acceptors (Lipinski definition) is 0. The Labute approximate surface area is 197 Å². The first-order valence-electron chi connectivity index (χ1n) is 9.97. The quantitative estimate of drug-likeness (QED) is 0.338. The van der Waals surface area contributed by atoms with Gasteiger partial charge in [0.15, 0.2) is 0 Å². The van der Waals surface area contributed by atoms with E-state index in [2.05, 4.69) is 90.3 Å². The van der Waals surface area contributed by atoms with E-state index in [0.717, 1.165) is 0 Å². The molecule has 0 amide bonds. The Kier molecular flexibility index (Phi) is 11.1. The molecule has 2 aromatic carbocycles. The molecule has 0 saturated heterocycles. The molecule has 29 heavy (non-hydrogen) atoms. The summed E-state index contributed by atoms with van der Waals surface area (Å²) in [5.41, 5.74) is 7.61. The molecule has 0 bridgehead atoms. The van der Waals surface area contributed by atoms with Crippen molar-refractivity contribution in [2.75, 3.05) is 0 Å². The van der Waals surface area contributed by atoms with Crippen LogP contribution in [0.2, 0.25) is 38.3 Å². The predicted octanol–water partition coefficient (Wildman–Crippen LogP) is 9.42. The molecule has 0 aromatic heterocycles. The van der Waals surface area contributed by atoms with Crippen LogP contribution in [0.1, 0.15) is 22.3 Å². The zero-order chi connectivity index (χ0) is 22.2. The van der Waals surface area contributed by atoms with Gasteiger partial charge in [-0.2, -0.15) is 0 Å². The van der Waals surface area contributed by atoms with E-state index in [-0.39, 0.29) is 0 Å². The third kappa shape index (κ3) is 9.20. The van der Waals surface area contributed by atoms with Crippen LogP contribution in [-0.2, 0) is 17.0 Å². The molecule has 2 nitrogen and oxygen atoms in total. The molecule has 0 aliphatic heterocycles. The summed E-state index contributed by atoms with van der Waals surface area (Å²) in [4.78, 5) is 10.5. The van der Waals surface area contributed by atoms with Crippen molar-refractivity contribution >= 4 is 46.5 Å². The first-order valence-corrected chi connectivity index (χ1v) is 20.6. The summed E-state index contributed by atoms with van der Waals surface area (Å²) in [5, 5.41) is 0. The molecule has 0 saturated carbocycles. The van der Waals surface area contributed by atoms with Gasteiger partial charge in [0.2, 0.25) is 0 Å². The fourth-order valence-corrected chi connectivity index (χ4v) is 10.3. The number of nitrogens with zero attached hydrogens (tertiary/aromatic N) is 2. The Bertz CT molecular complexity index is 692. The van der Waals surface area contributed by atoms with Crippen molar-refractivity contribution in [1.29, 1.82) is 0 Å². The Morgan fingerprint density at radius 1 is 0.655 bits per heavy atom. The van der Waals surface area contributed by atoms with Gasteiger partial charge in [-0.3, -0.25) is 0 Å². The Morgan fingerprint density at radius 2 is 0.897 bits per heavy atom. The van der Waals surface area contributed by atoms with Crippen molar-refractivity contribution in [3.8, 4) is 0 Å². The topological polar surface area (TPSA) is 28.2 Å². The van der Waals surface area contributed by atoms with Crippen molar-refractivity contribution in [3.63, 3.8) is 0 Å². The van der Waals surface area contributed by atoms with E-state index in [1.165, 1.54) is 45.7 Å². The summed E-state index contributed by atoms with van der Waals surface area (Å²) in [6, 6.07) is 15.3. The van der Waals surface area contributed by atoms with E-state index in [4.69, 9.17) is 28.6 Å². The van der Waals surface area contributed by atoms with Crippen molar-refractivity contribution < 1.29 is 17.0 Å². The Morgan fingerprint density at radius 3 is 1.14 bits per heavy atom. The predicted molar refractivity (Wildman–Crippen MR) is 134 cm³/mol. The molecule has 0 atom stereocenters. The van der Waals surface area contributed by atoms with Crippen molar-refractivity contribution in [1.82, 2.24) is 0 Å². The van der Waals surface area contributed by atoms with E-state index >= 15 is 0 Å². The van der Waals surface area contributed by atoms with Crippen LogP contribution >= 0.6 is 18.6 Å². The molecule has 0 aliphatic rings. The normalized spacial score (nSPS) is 11.4. The molecule has 0 spiro atoms. The van der Waals surface area contributed by atoms with Crippen LogP contribution in [0.5, 0.6) is 0 Å². The average molecular weight is 501 g/mol. The third-order valence-corrected chi connectivity index (χ3v) is 10.2. The number of aryl methyl sites for hydroxylation is 4. The molecule has 7 heteroatoms. The number of halogens is 2. The van der Waals surface area contributed by atoms with Gasteiger partial charge in [-0.15, -0.1) is 11.4 Å². The first kappa shape index (κ1) is 26.8. The Balaban J connectivity index is 0.00000132. The molecule has 0 heterocycles. The summed E-state index contributed by atoms with van der Waals surface area (Å²) in [5.74, 6) is 0. The maximum atomic E-state index is 5.25. The van der Waals surface area contributed by atoms with Gasteiger partial charge < -0.3 is 9.96 Å². The van der Waals surface area contributed by atoms with Gasteiger partial charge in [0.25, 0.3) is 0 Å². The molecule has 2 rings (SSSR count). The van der Waals surface area contributed by atoms with Crippen molar-refractivity contribution in [2.45, 2.75) is 66.0 Å². The van der Waals surface area contributed by atoms with Gasteiger partial charge in [0.05, 0.1) is 0 Å². The second-order valence-corrected chi connectivity index (χ2v) is 20.2. The van der Waals surface area contributed by atoms with Crippen LogP contribution in [0.3, 0.4) is 0 Å². The van der Waals surface area contributed by atoms with Crippen LogP contribution in [0.4, 0.5) is 11.4 Å². The van der Waals surface area contributed by atoms with E-state index in [1.54, 1.807) is 0 Å². The maximum absolute atomic E-state index is 5.25. The third-order valence-electron chi connectivity index (χ3n) is 5.06. The van der Waals surface area contributed by atoms with Crippen LogP contribution < -0.4 is 0 Å². The van der Waals surface area contributed by atoms with Gasteiger partial charge in [-0.25, -0.2) is 0 Å². The molecule has 0 aliphatic carbocycles. The molecule has 2 aromatic rings. The second-order valence-electron chi connectivity index (χ2n) is 8.90. The van der Waals surface area contributed by atoms with E-state index in [0.29, 0.717) is 0 Å². The second kappa shape index (κ2) is 12.0. The van der Waals surface area contributed by atoms with Gasteiger partial charge in [-0.05, 0) is 44.2 Å². The number of hydrogen-bond donors (Lipinski definition) is 0.